The van der Waals surface area contributed by atoms with Gasteiger partial charge in [-0.05, 0) is 59.4 Å². The zero-order chi connectivity index (χ0) is 26.5. The molecule has 37 heavy (non-hydrogen) atoms. The average molecular weight is 526 g/mol. The van der Waals surface area contributed by atoms with Crippen molar-refractivity contribution in [2.24, 2.45) is 5.92 Å². The van der Waals surface area contributed by atoms with Gasteiger partial charge in [-0.3, -0.25) is 14.6 Å². The van der Waals surface area contributed by atoms with Crippen LogP contribution < -0.4 is 0 Å². The molecule has 1 aromatic heterocycles. The van der Waals surface area contributed by atoms with E-state index in [1.54, 1.807) is 4.90 Å². The average Bonchev–Trinajstić information content (AvgIpc) is 3.24. The van der Waals surface area contributed by atoms with Crippen LogP contribution in [0.2, 0.25) is 0 Å². The Kier molecular flexibility index (Phi) is 7.37. The lowest BCUT2D eigenvalue weighted by molar-refractivity contribution is -0.149. The van der Waals surface area contributed by atoms with Gasteiger partial charge in [0.2, 0.25) is 11.8 Å². The summed E-state index contributed by atoms with van der Waals surface area (Å²) in [5.41, 5.74) is -0.371. The SMILES string of the molecule is CC(C)N(C)[C@@H]1CCN([C@H]2CCCC(F)(F)[C@@H]2CC(=O)N2CCC(C)(c3noc([C@@H]4C[C@@H]4F)n3)CC2)C1. The first-order valence-corrected chi connectivity index (χ1v) is 14.1. The zero-order valence-electron chi connectivity index (χ0n) is 22.6. The Balaban J connectivity index is 1.20. The molecule has 0 spiro atoms. The van der Waals surface area contributed by atoms with E-state index in [1.165, 1.54) is 0 Å². The minimum absolute atomic E-state index is 0.110. The second kappa shape index (κ2) is 10.1. The standard InChI is InChI=1S/C27H42F3N5O2/c1-17(2)33(4)18-7-11-35(16-18)22-6-5-8-27(29,30)20(22)15-23(36)34-12-9-26(3,10-13-34)25-31-24(37-32-25)19-14-21(19)28/h17-22H,5-16H2,1-4H3/t18-,19-,20-,21+,22+/m1/s1. The fourth-order valence-corrected chi connectivity index (χ4v) is 6.60. The van der Waals surface area contributed by atoms with E-state index in [4.69, 9.17) is 4.52 Å². The second-order valence-corrected chi connectivity index (χ2v) is 12.5. The highest BCUT2D eigenvalue weighted by molar-refractivity contribution is 5.76. The van der Waals surface area contributed by atoms with Crippen LogP contribution in [-0.2, 0) is 10.2 Å². The predicted octanol–water partition coefficient (Wildman–Crippen LogP) is 4.38. The summed E-state index contributed by atoms with van der Waals surface area (Å²) >= 11 is 0. The van der Waals surface area contributed by atoms with Crippen LogP contribution in [0.3, 0.4) is 0 Å². The van der Waals surface area contributed by atoms with Gasteiger partial charge < -0.3 is 9.42 Å². The summed E-state index contributed by atoms with van der Waals surface area (Å²) in [6.45, 7) is 8.90. The fraction of sp³-hybridized carbons (Fsp3) is 0.889. The Hall–Kier alpha value is -1.68. The molecule has 208 valence electrons. The van der Waals surface area contributed by atoms with Gasteiger partial charge in [0.25, 0.3) is 5.92 Å². The Bertz CT molecular complexity index is 964. The van der Waals surface area contributed by atoms with Gasteiger partial charge in [0.15, 0.2) is 5.82 Å². The van der Waals surface area contributed by atoms with E-state index in [0.717, 1.165) is 25.9 Å². The van der Waals surface area contributed by atoms with Gasteiger partial charge in [-0.2, -0.15) is 4.98 Å². The van der Waals surface area contributed by atoms with Crippen LogP contribution >= 0.6 is 0 Å². The molecule has 10 heteroatoms. The Morgan fingerprint density at radius 3 is 2.54 bits per heavy atom. The van der Waals surface area contributed by atoms with Gasteiger partial charge in [-0.15, -0.1) is 0 Å². The molecule has 1 aromatic rings. The third-order valence-corrected chi connectivity index (χ3v) is 9.70. The van der Waals surface area contributed by atoms with E-state index in [-0.39, 0.29) is 36.1 Å². The van der Waals surface area contributed by atoms with Crippen molar-refractivity contribution in [1.29, 1.82) is 0 Å². The van der Waals surface area contributed by atoms with Crippen LogP contribution in [0.25, 0.3) is 0 Å². The van der Waals surface area contributed by atoms with Crippen LogP contribution in [0.15, 0.2) is 4.52 Å². The third-order valence-electron chi connectivity index (χ3n) is 9.70. The van der Waals surface area contributed by atoms with E-state index < -0.39 is 18.0 Å². The summed E-state index contributed by atoms with van der Waals surface area (Å²) in [6.07, 6.45) is 2.75. The molecule has 2 saturated heterocycles. The number of alkyl halides is 3. The van der Waals surface area contributed by atoms with Crippen molar-refractivity contribution in [3.63, 3.8) is 0 Å². The van der Waals surface area contributed by atoms with Gasteiger partial charge >= 0.3 is 0 Å². The molecule has 4 fully saturated rings. The molecule has 0 N–H and O–H groups in total. The van der Waals surface area contributed by atoms with Gasteiger partial charge in [0.1, 0.15) is 6.17 Å². The molecule has 0 bridgehead atoms. The summed E-state index contributed by atoms with van der Waals surface area (Å²) in [5, 5.41) is 4.11. The summed E-state index contributed by atoms with van der Waals surface area (Å²) < 4.78 is 49.2. The van der Waals surface area contributed by atoms with Crippen molar-refractivity contribution in [3.8, 4) is 0 Å². The van der Waals surface area contributed by atoms with Gasteiger partial charge in [0, 0.05) is 68.5 Å². The van der Waals surface area contributed by atoms with E-state index in [1.807, 2.05) is 6.92 Å². The first kappa shape index (κ1) is 26.9. The summed E-state index contributed by atoms with van der Waals surface area (Å²) in [6, 6.07) is 0.522. The minimum Gasteiger partial charge on any atom is -0.343 e. The lowest BCUT2D eigenvalue weighted by Crippen LogP contribution is -2.53. The molecular weight excluding hydrogens is 483 g/mol. The fourth-order valence-electron chi connectivity index (χ4n) is 6.60. The smallest absolute Gasteiger partial charge is 0.252 e. The molecule has 1 amide bonds. The van der Waals surface area contributed by atoms with Crippen LogP contribution in [0.4, 0.5) is 13.2 Å². The van der Waals surface area contributed by atoms with Crippen molar-refractivity contribution in [2.45, 2.75) is 114 Å². The number of hydrogen-bond acceptors (Lipinski definition) is 6. The van der Waals surface area contributed by atoms with Crippen molar-refractivity contribution < 1.29 is 22.5 Å². The Labute approximate surface area is 218 Å². The maximum atomic E-state index is 15.3. The number of rotatable bonds is 7. The van der Waals surface area contributed by atoms with E-state index >= 15 is 8.78 Å². The van der Waals surface area contributed by atoms with Gasteiger partial charge in [-0.1, -0.05) is 12.1 Å². The van der Waals surface area contributed by atoms with Crippen LogP contribution in [0, 0.1) is 5.92 Å². The van der Waals surface area contributed by atoms with Gasteiger partial charge in [-0.25, -0.2) is 13.2 Å². The number of nitrogens with zero attached hydrogens (tertiary/aromatic N) is 5. The predicted molar refractivity (Wildman–Crippen MR) is 133 cm³/mol. The van der Waals surface area contributed by atoms with Crippen LogP contribution in [0.1, 0.15) is 89.8 Å². The maximum Gasteiger partial charge on any atom is 0.252 e. The van der Waals surface area contributed by atoms with E-state index in [2.05, 4.69) is 40.8 Å². The Morgan fingerprint density at radius 2 is 1.89 bits per heavy atom. The molecule has 7 nitrogen and oxygen atoms in total. The molecule has 3 heterocycles. The molecular formula is C27H42F3N5O2. The third kappa shape index (κ3) is 5.42. The normalized spacial score (nSPS) is 33.9. The number of hydrogen-bond donors (Lipinski definition) is 0. The maximum absolute atomic E-state index is 15.3. The lowest BCUT2D eigenvalue weighted by Gasteiger charge is -2.44. The van der Waals surface area contributed by atoms with Gasteiger partial charge in [0.05, 0.1) is 5.92 Å². The van der Waals surface area contributed by atoms with Crippen molar-refractivity contribution >= 4 is 5.91 Å². The van der Waals surface area contributed by atoms with Crippen LogP contribution in [-0.4, -0.2) is 94.2 Å². The first-order chi connectivity index (χ1) is 17.5. The first-order valence-electron chi connectivity index (χ1n) is 14.1. The molecule has 2 aliphatic carbocycles. The largest absolute Gasteiger partial charge is 0.343 e. The molecule has 2 saturated carbocycles. The number of aromatic nitrogens is 2. The molecule has 5 rings (SSSR count). The highest BCUT2D eigenvalue weighted by atomic mass is 19.3. The monoisotopic (exact) mass is 525 g/mol. The second-order valence-electron chi connectivity index (χ2n) is 12.5. The lowest BCUT2D eigenvalue weighted by atomic mass is 9.77. The number of halogens is 3. The summed E-state index contributed by atoms with van der Waals surface area (Å²) in [5.74, 6) is -3.33. The summed E-state index contributed by atoms with van der Waals surface area (Å²) in [4.78, 5) is 24.1. The number of piperidine rings is 1. The molecule has 5 atom stereocenters. The molecule has 0 unspecified atom stereocenters. The quantitative estimate of drug-likeness (QED) is 0.526. The zero-order valence-corrected chi connectivity index (χ0v) is 22.6. The molecule has 4 aliphatic rings. The number of likely N-dealkylation sites (tertiary alicyclic amines) is 2. The van der Waals surface area contributed by atoms with E-state index in [0.29, 0.717) is 62.6 Å². The van der Waals surface area contributed by atoms with Crippen molar-refractivity contribution in [2.75, 3.05) is 33.2 Å². The number of carbonyl (C=O) groups excluding carboxylic acids is 1. The molecule has 0 aromatic carbocycles. The van der Waals surface area contributed by atoms with Crippen molar-refractivity contribution in [3.05, 3.63) is 11.7 Å². The highest BCUT2D eigenvalue weighted by Gasteiger charge is 2.51. The number of amides is 1. The van der Waals surface area contributed by atoms with Crippen LogP contribution in [0.5, 0.6) is 0 Å². The topological polar surface area (TPSA) is 65.7 Å². The number of carbonyl (C=O) groups is 1. The molecule has 2 aliphatic heterocycles. The number of likely N-dealkylation sites (N-methyl/N-ethyl adjacent to an activating group) is 1. The van der Waals surface area contributed by atoms with E-state index in [9.17, 15) is 9.18 Å². The molecule has 0 radical (unpaired) electrons. The summed E-state index contributed by atoms with van der Waals surface area (Å²) in [7, 11) is 2.11. The highest BCUT2D eigenvalue weighted by Crippen LogP contribution is 2.45. The Morgan fingerprint density at radius 1 is 1.19 bits per heavy atom. The minimum atomic E-state index is -2.83. The van der Waals surface area contributed by atoms with Crippen molar-refractivity contribution in [1.82, 2.24) is 24.8 Å².